The van der Waals surface area contributed by atoms with Crippen LogP contribution >= 0.6 is 11.6 Å². The van der Waals surface area contributed by atoms with E-state index < -0.39 is 23.0 Å². The van der Waals surface area contributed by atoms with Gasteiger partial charge in [-0.2, -0.15) is 0 Å². The van der Waals surface area contributed by atoms with Crippen molar-refractivity contribution in [2.45, 2.75) is 26.4 Å². The third-order valence-corrected chi connectivity index (χ3v) is 4.47. The lowest BCUT2D eigenvalue weighted by Crippen LogP contribution is -2.35. The second kappa shape index (κ2) is 9.27. The zero-order chi connectivity index (χ0) is 23.5. The smallest absolute Gasteiger partial charge is 0.211 e. The number of nitrogens with two attached hydrogens (primary N) is 1. The summed E-state index contributed by atoms with van der Waals surface area (Å²) >= 11 is 5.98. The van der Waals surface area contributed by atoms with Crippen molar-refractivity contribution in [2.24, 2.45) is 10.9 Å². The summed E-state index contributed by atoms with van der Waals surface area (Å²) in [7, 11) is 0. The molecule has 0 aliphatic rings. The summed E-state index contributed by atoms with van der Waals surface area (Å²) in [5.74, 6) is -1.77. The highest BCUT2D eigenvalue weighted by molar-refractivity contribution is 6.30. The monoisotopic (exact) mass is 460 g/mol. The predicted octanol–water partition coefficient (Wildman–Crippen LogP) is 4.81. The SMILES string of the molecule is Cc1ncc(Oc2cccc(Cl)c2)c(/C(N)=N/OC(C)(C)C(=O)c2ccc(F)cc2F)n1. The Balaban J connectivity index is 1.86. The van der Waals surface area contributed by atoms with Gasteiger partial charge in [0.2, 0.25) is 5.78 Å². The molecule has 0 fully saturated rings. The number of ether oxygens (including phenoxy) is 1. The molecule has 1 aromatic heterocycles. The molecule has 0 saturated heterocycles. The Kier molecular flexibility index (Phi) is 6.69. The minimum atomic E-state index is -1.61. The molecule has 0 amide bonds. The molecule has 166 valence electrons. The number of nitrogens with zero attached hydrogens (tertiary/aromatic N) is 3. The summed E-state index contributed by atoms with van der Waals surface area (Å²) in [4.78, 5) is 26.3. The van der Waals surface area contributed by atoms with Crippen molar-refractivity contribution in [3.05, 3.63) is 82.4 Å². The number of rotatable bonds is 7. The van der Waals surface area contributed by atoms with Crippen LogP contribution in [-0.4, -0.2) is 27.2 Å². The number of benzene rings is 2. The van der Waals surface area contributed by atoms with Crippen LogP contribution in [0.3, 0.4) is 0 Å². The topological polar surface area (TPSA) is 99.7 Å². The van der Waals surface area contributed by atoms with Crippen molar-refractivity contribution in [3.8, 4) is 11.5 Å². The number of aryl methyl sites for hydroxylation is 1. The highest BCUT2D eigenvalue weighted by Gasteiger charge is 2.33. The molecular formula is C22H19ClF2N4O3. The number of halogens is 3. The second-order valence-corrected chi connectivity index (χ2v) is 7.66. The minimum absolute atomic E-state index is 0.119. The summed E-state index contributed by atoms with van der Waals surface area (Å²) < 4.78 is 32.9. The molecule has 0 bridgehead atoms. The number of oxime groups is 1. The Morgan fingerprint density at radius 3 is 2.62 bits per heavy atom. The van der Waals surface area contributed by atoms with E-state index in [9.17, 15) is 13.6 Å². The molecular weight excluding hydrogens is 442 g/mol. The first-order valence-corrected chi connectivity index (χ1v) is 9.73. The molecule has 0 aliphatic carbocycles. The van der Waals surface area contributed by atoms with E-state index in [0.29, 0.717) is 22.7 Å². The first-order chi connectivity index (χ1) is 15.1. The quantitative estimate of drug-likeness (QED) is 0.235. The first kappa shape index (κ1) is 23.1. The average molecular weight is 461 g/mol. The van der Waals surface area contributed by atoms with E-state index in [1.54, 1.807) is 31.2 Å². The molecule has 0 saturated carbocycles. The fourth-order valence-electron chi connectivity index (χ4n) is 2.62. The molecule has 2 N–H and O–H groups in total. The molecule has 3 aromatic rings. The van der Waals surface area contributed by atoms with Crippen LogP contribution in [0.4, 0.5) is 8.78 Å². The number of ketones is 1. The van der Waals surface area contributed by atoms with Gasteiger partial charge in [0.15, 0.2) is 22.9 Å². The molecule has 0 aliphatic heterocycles. The van der Waals surface area contributed by atoms with Crippen molar-refractivity contribution in [3.63, 3.8) is 0 Å². The molecule has 1 heterocycles. The Bertz CT molecular complexity index is 1200. The number of hydrogen-bond acceptors (Lipinski definition) is 6. The van der Waals surface area contributed by atoms with Crippen molar-refractivity contribution in [2.75, 3.05) is 0 Å². The van der Waals surface area contributed by atoms with E-state index in [2.05, 4.69) is 15.1 Å². The maximum absolute atomic E-state index is 14.0. The second-order valence-electron chi connectivity index (χ2n) is 7.22. The van der Waals surface area contributed by atoms with Gasteiger partial charge in [-0.1, -0.05) is 22.8 Å². The highest BCUT2D eigenvalue weighted by atomic mass is 35.5. The van der Waals surface area contributed by atoms with Gasteiger partial charge >= 0.3 is 0 Å². The Morgan fingerprint density at radius 2 is 1.94 bits per heavy atom. The van der Waals surface area contributed by atoms with Gasteiger partial charge in [-0.15, -0.1) is 0 Å². The van der Waals surface area contributed by atoms with E-state index in [-0.39, 0.29) is 22.8 Å². The van der Waals surface area contributed by atoms with Gasteiger partial charge in [0.05, 0.1) is 11.8 Å². The van der Waals surface area contributed by atoms with Crippen LogP contribution in [0.2, 0.25) is 5.02 Å². The molecule has 0 spiro atoms. The largest absolute Gasteiger partial charge is 0.453 e. The van der Waals surface area contributed by atoms with Crippen LogP contribution in [0.5, 0.6) is 11.5 Å². The lowest BCUT2D eigenvalue weighted by atomic mass is 9.96. The molecule has 10 heteroatoms. The normalized spacial score (nSPS) is 11.9. The van der Waals surface area contributed by atoms with Crippen LogP contribution in [0, 0.1) is 18.6 Å². The number of aromatic nitrogens is 2. The Labute approximate surface area is 187 Å². The molecule has 2 aromatic carbocycles. The predicted molar refractivity (Wildman–Crippen MR) is 115 cm³/mol. The number of carbonyl (C=O) groups excluding carboxylic acids is 1. The molecule has 7 nitrogen and oxygen atoms in total. The molecule has 3 rings (SSSR count). The van der Waals surface area contributed by atoms with E-state index in [1.165, 1.54) is 20.0 Å². The number of amidine groups is 1. The van der Waals surface area contributed by atoms with E-state index in [4.69, 9.17) is 26.9 Å². The van der Waals surface area contributed by atoms with Gasteiger partial charge < -0.3 is 15.3 Å². The Morgan fingerprint density at radius 1 is 1.19 bits per heavy atom. The van der Waals surface area contributed by atoms with Crippen LogP contribution in [0.1, 0.15) is 35.7 Å². The van der Waals surface area contributed by atoms with Gasteiger partial charge in [-0.25, -0.2) is 18.7 Å². The van der Waals surface area contributed by atoms with E-state index in [1.807, 2.05) is 0 Å². The van der Waals surface area contributed by atoms with E-state index in [0.717, 1.165) is 12.1 Å². The average Bonchev–Trinajstić information content (AvgIpc) is 2.73. The number of carbonyl (C=O) groups is 1. The van der Waals surface area contributed by atoms with Crippen molar-refractivity contribution in [1.82, 2.24) is 9.97 Å². The van der Waals surface area contributed by atoms with Crippen molar-refractivity contribution >= 4 is 23.2 Å². The third-order valence-electron chi connectivity index (χ3n) is 4.24. The standard InChI is InChI=1S/C22H19ClF2N4O3/c1-12-27-11-18(31-15-6-4-5-13(23)9-15)19(28-12)21(26)29-32-22(2,3)20(30)16-8-7-14(24)10-17(16)25/h4-11H,1-3H3,(H2,26,29). The zero-order valence-corrected chi connectivity index (χ0v) is 18.2. The maximum Gasteiger partial charge on any atom is 0.211 e. The molecule has 0 radical (unpaired) electrons. The summed E-state index contributed by atoms with van der Waals surface area (Å²) in [6, 6.07) is 9.29. The van der Waals surface area contributed by atoms with Crippen LogP contribution < -0.4 is 10.5 Å². The lowest BCUT2D eigenvalue weighted by molar-refractivity contribution is -0.00216. The summed E-state index contributed by atoms with van der Waals surface area (Å²) in [6.45, 7) is 4.40. The van der Waals surface area contributed by atoms with Gasteiger partial charge in [0, 0.05) is 11.1 Å². The molecule has 0 atom stereocenters. The number of hydrogen-bond donors (Lipinski definition) is 1. The molecule has 32 heavy (non-hydrogen) atoms. The summed E-state index contributed by atoms with van der Waals surface area (Å²) in [5.41, 5.74) is 4.21. The maximum atomic E-state index is 14.0. The van der Waals surface area contributed by atoms with Crippen LogP contribution in [0.15, 0.2) is 53.8 Å². The van der Waals surface area contributed by atoms with Gasteiger partial charge in [0.1, 0.15) is 23.2 Å². The van der Waals surface area contributed by atoms with Crippen molar-refractivity contribution in [1.29, 1.82) is 0 Å². The number of Topliss-reactive ketones (excluding diaryl/α,β-unsaturated/α-hetero) is 1. The van der Waals surface area contributed by atoms with Crippen LogP contribution in [0.25, 0.3) is 0 Å². The molecule has 0 unspecified atom stereocenters. The summed E-state index contributed by atoms with van der Waals surface area (Å²) in [5, 5.41) is 4.27. The van der Waals surface area contributed by atoms with Crippen LogP contribution in [-0.2, 0) is 4.84 Å². The third kappa shape index (κ3) is 5.36. The lowest BCUT2D eigenvalue weighted by Gasteiger charge is -2.21. The fourth-order valence-corrected chi connectivity index (χ4v) is 2.80. The minimum Gasteiger partial charge on any atom is -0.453 e. The van der Waals surface area contributed by atoms with E-state index >= 15 is 0 Å². The highest BCUT2D eigenvalue weighted by Crippen LogP contribution is 2.26. The first-order valence-electron chi connectivity index (χ1n) is 9.36. The fraction of sp³-hybridized carbons (Fsp3) is 0.182. The van der Waals surface area contributed by atoms with Gasteiger partial charge in [0.25, 0.3) is 0 Å². The summed E-state index contributed by atoms with van der Waals surface area (Å²) in [6.07, 6.45) is 1.41. The Hall–Kier alpha value is -3.59. The van der Waals surface area contributed by atoms with Gasteiger partial charge in [-0.05, 0) is 51.1 Å². The zero-order valence-electron chi connectivity index (χ0n) is 17.4. The van der Waals surface area contributed by atoms with Crippen molar-refractivity contribution < 1.29 is 23.1 Å². The van der Waals surface area contributed by atoms with Gasteiger partial charge in [-0.3, -0.25) is 4.79 Å².